The molecule has 0 aromatic heterocycles. The summed E-state index contributed by atoms with van der Waals surface area (Å²) in [6, 6.07) is 7.84. The van der Waals surface area contributed by atoms with Gasteiger partial charge < -0.3 is 15.4 Å². The van der Waals surface area contributed by atoms with Crippen molar-refractivity contribution in [3.63, 3.8) is 0 Å². The minimum Gasteiger partial charge on any atom is -0.467 e. The van der Waals surface area contributed by atoms with Crippen LogP contribution in [0, 0.1) is 0 Å². The molecule has 27 heavy (non-hydrogen) atoms. The number of hydrogen-bond donors (Lipinski definition) is 2. The molecule has 1 fully saturated rings. The fraction of sp³-hybridized carbons (Fsp3) is 0.619. The SMILES string of the molecule is COC(=O)[C@H](CCSC)NC(=O)[C@@H]1C[C@H](c2ccc(C(C)(C)C)cc2)CN1. The molecular formula is C21H32N2O3S. The Morgan fingerprint density at radius 3 is 2.52 bits per heavy atom. The highest BCUT2D eigenvalue weighted by Crippen LogP contribution is 2.29. The summed E-state index contributed by atoms with van der Waals surface area (Å²) in [6.45, 7) is 7.37. The standard InChI is InChI=1S/C21H32N2O3S/c1-21(2,3)16-8-6-14(7-9-16)15-12-18(22-13-15)19(24)23-17(10-11-27-5)20(25)26-4/h6-9,15,17-18,22H,10-13H2,1-5H3,(H,23,24)/t15-,17-,18-/m0/s1. The molecule has 1 aromatic rings. The van der Waals surface area contributed by atoms with Gasteiger partial charge in [0.1, 0.15) is 6.04 Å². The predicted octanol–water partition coefficient (Wildman–Crippen LogP) is 2.84. The first-order valence-electron chi connectivity index (χ1n) is 9.47. The van der Waals surface area contributed by atoms with Crippen LogP contribution in [0.3, 0.4) is 0 Å². The van der Waals surface area contributed by atoms with E-state index in [2.05, 4.69) is 55.7 Å². The van der Waals surface area contributed by atoms with Crippen LogP contribution in [0.2, 0.25) is 0 Å². The van der Waals surface area contributed by atoms with Crippen LogP contribution in [0.25, 0.3) is 0 Å². The second-order valence-corrected chi connectivity index (χ2v) is 9.12. The van der Waals surface area contributed by atoms with E-state index in [9.17, 15) is 9.59 Å². The molecule has 1 aliphatic heterocycles. The number of thioether (sulfide) groups is 1. The number of esters is 1. The molecular weight excluding hydrogens is 360 g/mol. The average Bonchev–Trinajstić information content (AvgIpc) is 3.14. The van der Waals surface area contributed by atoms with Crippen LogP contribution >= 0.6 is 11.8 Å². The van der Waals surface area contributed by atoms with E-state index in [0.29, 0.717) is 12.3 Å². The third-order valence-corrected chi connectivity index (χ3v) is 5.75. The number of benzene rings is 1. The van der Waals surface area contributed by atoms with Crippen LogP contribution in [-0.2, 0) is 19.7 Å². The van der Waals surface area contributed by atoms with Crippen LogP contribution in [0.5, 0.6) is 0 Å². The lowest BCUT2D eigenvalue weighted by atomic mass is 9.85. The molecule has 0 bridgehead atoms. The molecule has 1 saturated heterocycles. The third kappa shape index (κ3) is 5.98. The van der Waals surface area contributed by atoms with Gasteiger partial charge in [-0.2, -0.15) is 11.8 Å². The maximum atomic E-state index is 12.6. The molecule has 0 radical (unpaired) electrons. The number of amides is 1. The maximum absolute atomic E-state index is 12.6. The average molecular weight is 393 g/mol. The van der Waals surface area contributed by atoms with Crippen molar-refractivity contribution < 1.29 is 14.3 Å². The quantitative estimate of drug-likeness (QED) is 0.699. The Bertz CT molecular complexity index is 640. The smallest absolute Gasteiger partial charge is 0.328 e. The first kappa shape index (κ1) is 21.8. The summed E-state index contributed by atoms with van der Waals surface area (Å²) in [4.78, 5) is 24.5. The van der Waals surface area contributed by atoms with Crippen molar-refractivity contribution in [2.45, 2.75) is 57.0 Å². The lowest BCUT2D eigenvalue weighted by molar-refractivity contribution is -0.145. The van der Waals surface area contributed by atoms with Crippen molar-refractivity contribution in [3.8, 4) is 0 Å². The van der Waals surface area contributed by atoms with Crippen molar-refractivity contribution in [2.24, 2.45) is 0 Å². The normalized spacial score (nSPS) is 20.9. The molecule has 150 valence electrons. The highest BCUT2D eigenvalue weighted by molar-refractivity contribution is 7.98. The van der Waals surface area contributed by atoms with Gasteiger partial charge in [-0.15, -0.1) is 0 Å². The van der Waals surface area contributed by atoms with Gasteiger partial charge in [0.2, 0.25) is 5.91 Å². The summed E-state index contributed by atoms with van der Waals surface area (Å²) >= 11 is 1.64. The van der Waals surface area contributed by atoms with E-state index in [1.165, 1.54) is 18.2 Å². The van der Waals surface area contributed by atoms with Crippen LogP contribution in [0.1, 0.15) is 50.7 Å². The molecule has 1 aliphatic rings. The highest BCUT2D eigenvalue weighted by Gasteiger charge is 2.32. The number of carbonyl (C=O) groups is 2. The Hall–Kier alpha value is -1.53. The van der Waals surface area contributed by atoms with Gasteiger partial charge in [-0.3, -0.25) is 4.79 Å². The zero-order valence-electron chi connectivity index (χ0n) is 17.0. The Balaban J connectivity index is 1.95. The summed E-state index contributed by atoms with van der Waals surface area (Å²) in [5.74, 6) is 0.587. The minimum absolute atomic E-state index is 0.125. The first-order chi connectivity index (χ1) is 12.8. The molecule has 1 aromatic carbocycles. The molecule has 5 nitrogen and oxygen atoms in total. The van der Waals surface area contributed by atoms with Crippen molar-refractivity contribution in [3.05, 3.63) is 35.4 Å². The van der Waals surface area contributed by atoms with Crippen LogP contribution in [-0.4, -0.2) is 49.6 Å². The van der Waals surface area contributed by atoms with Crippen molar-refractivity contribution in [1.82, 2.24) is 10.6 Å². The minimum atomic E-state index is -0.582. The van der Waals surface area contributed by atoms with Gasteiger partial charge in [0.05, 0.1) is 13.2 Å². The molecule has 1 heterocycles. The fourth-order valence-corrected chi connectivity index (χ4v) is 3.82. The van der Waals surface area contributed by atoms with Gasteiger partial charge in [0.25, 0.3) is 0 Å². The van der Waals surface area contributed by atoms with Crippen LogP contribution in [0.15, 0.2) is 24.3 Å². The molecule has 2 rings (SSSR count). The maximum Gasteiger partial charge on any atom is 0.328 e. The van der Waals surface area contributed by atoms with E-state index < -0.39 is 6.04 Å². The highest BCUT2D eigenvalue weighted by atomic mass is 32.2. The van der Waals surface area contributed by atoms with E-state index in [1.54, 1.807) is 11.8 Å². The zero-order valence-corrected chi connectivity index (χ0v) is 17.8. The van der Waals surface area contributed by atoms with E-state index in [4.69, 9.17) is 4.74 Å². The molecule has 0 spiro atoms. The lowest BCUT2D eigenvalue weighted by Gasteiger charge is -2.20. The first-order valence-corrected chi connectivity index (χ1v) is 10.9. The number of methoxy groups -OCH3 is 1. The van der Waals surface area contributed by atoms with Crippen molar-refractivity contribution in [2.75, 3.05) is 25.7 Å². The molecule has 0 saturated carbocycles. The number of ether oxygens (including phenoxy) is 1. The Morgan fingerprint density at radius 2 is 1.96 bits per heavy atom. The summed E-state index contributed by atoms with van der Waals surface area (Å²) in [7, 11) is 1.35. The number of carbonyl (C=O) groups excluding carboxylic acids is 2. The molecule has 2 N–H and O–H groups in total. The fourth-order valence-electron chi connectivity index (χ4n) is 3.34. The lowest BCUT2D eigenvalue weighted by Crippen LogP contribution is -2.48. The van der Waals surface area contributed by atoms with Gasteiger partial charge in [-0.05, 0) is 47.3 Å². The summed E-state index contributed by atoms with van der Waals surface area (Å²) in [5, 5.41) is 6.15. The van der Waals surface area contributed by atoms with E-state index >= 15 is 0 Å². The van der Waals surface area contributed by atoms with Gasteiger partial charge in [0.15, 0.2) is 0 Å². The number of rotatable bonds is 7. The second-order valence-electron chi connectivity index (χ2n) is 8.13. The zero-order chi connectivity index (χ0) is 20.0. The molecule has 1 amide bonds. The number of nitrogens with one attached hydrogen (secondary N) is 2. The van der Waals surface area contributed by atoms with Gasteiger partial charge in [0, 0.05) is 6.54 Å². The number of hydrogen-bond acceptors (Lipinski definition) is 5. The topological polar surface area (TPSA) is 67.4 Å². The summed E-state index contributed by atoms with van der Waals surface area (Å²) in [6.07, 6.45) is 3.28. The van der Waals surface area contributed by atoms with E-state index in [0.717, 1.165) is 18.7 Å². The largest absolute Gasteiger partial charge is 0.467 e. The van der Waals surface area contributed by atoms with Gasteiger partial charge in [-0.25, -0.2) is 4.79 Å². The van der Waals surface area contributed by atoms with Crippen molar-refractivity contribution >= 4 is 23.6 Å². The Kier molecular flexibility index (Phi) is 7.74. The molecule has 0 unspecified atom stereocenters. The predicted molar refractivity (Wildman–Crippen MR) is 111 cm³/mol. The molecule has 6 heteroatoms. The van der Waals surface area contributed by atoms with Crippen LogP contribution < -0.4 is 10.6 Å². The van der Waals surface area contributed by atoms with Gasteiger partial charge in [-0.1, -0.05) is 45.0 Å². The van der Waals surface area contributed by atoms with E-state index in [1.807, 2.05) is 6.26 Å². The van der Waals surface area contributed by atoms with Crippen molar-refractivity contribution in [1.29, 1.82) is 0 Å². The molecule has 0 aliphatic carbocycles. The Labute approximate surface area is 167 Å². The Morgan fingerprint density at radius 1 is 1.30 bits per heavy atom. The monoisotopic (exact) mass is 392 g/mol. The van der Waals surface area contributed by atoms with Gasteiger partial charge >= 0.3 is 5.97 Å². The van der Waals surface area contributed by atoms with E-state index in [-0.39, 0.29) is 23.3 Å². The molecule has 3 atom stereocenters. The summed E-state index contributed by atoms with van der Waals surface area (Å²) < 4.78 is 4.82. The summed E-state index contributed by atoms with van der Waals surface area (Å²) in [5.41, 5.74) is 2.69. The third-order valence-electron chi connectivity index (χ3n) is 5.11. The van der Waals surface area contributed by atoms with Crippen LogP contribution in [0.4, 0.5) is 0 Å². The second kappa shape index (κ2) is 9.60.